The summed E-state index contributed by atoms with van der Waals surface area (Å²) in [6.07, 6.45) is 0. The van der Waals surface area contributed by atoms with Crippen molar-refractivity contribution in [2.45, 2.75) is 0 Å². The highest BCUT2D eigenvalue weighted by molar-refractivity contribution is 6.44. The van der Waals surface area contributed by atoms with Gasteiger partial charge in [-0.25, -0.2) is 0 Å². The molecule has 3 N–H and O–H groups in total. The van der Waals surface area contributed by atoms with Crippen LogP contribution in [0, 0.1) is 0 Å². The van der Waals surface area contributed by atoms with E-state index in [1.54, 1.807) is 0 Å². The van der Waals surface area contributed by atoms with E-state index >= 15 is 0 Å². The monoisotopic (exact) mass is 307 g/mol. The number of nitrogens with two attached hydrogens (primary N) is 1. The van der Waals surface area contributed by atoms with E-state index in [1.165, 1.54) is 24.3 Å². The summed E-state index contributed by atoms with van der Waals surface area (Å²) in [6.45, 7) is 0. The Balaban J connectivity index is 2.46. The van der Waals surface area contributed by atoms with Crippen molar-refractivity contribution in [3.05, 3.63) is 56.6 Å². The number of halogens is 2. The number of nitrogen functional groups attached to an aromatic ring is 1. The van der Waals surface area contributed by atoms with Crippen LogP contribution in [0.4, 0.5) is 5.69 Å². The fourth-order valence-corrected chi connectivity index (χ4v) is 2.81. The molecule has 2 aromatic carbocycles. The number of anilines is 1. The molecule has 0 spiro atoms. The van der Waals surface area contributed by atoms with E-state index < -0.39 is 11.6 Å². The minimum absolute atomic E-state index is 0.00225. The normalized spacial score (nSPS) is 13.1. The number of aromatic hydroxyl groups is 1. The van der Waals surface area contributed by atoms with E-state index in [0.29, 0.717) is 0 Å². The van der Waals surface area contributed by atoms with Crippen molar-refractivity contribution >= 4 is 40.5 Å². The summed E-state index contributed by atoms with van der Waals surface area (Å²) in [7, 11) is 0. The first kappa shape index (κ1) is 13.0. The van der Waals surface area contributed by atoms with Gasteiger partial charge in [-0.3, -0.25) is 9.59 Å². The molecule has 3 rings (SSSR count). The molecule has 0 bridgehead atoms. The number of hydrogen-bond acceptors (Lipinski definition) is 4. The van der Waals surface area contributed by atoms with Gasteiger partial charge in [-0.1, -0.05) is 23.2 Å². The number of fused-ring (bicyclic) bond motifs is 2. The smallest absolute Gasteiger partial charge is 0.199 e. The number of benzene rings is 2. The largest absolute Gasteiger partial charge is 0.507 e. The maximum absolute atomic E-state index is 12.5. The van der Waals surface area contributed by atoms with Crippen molar-refractivity contribution in [2.24, 2.45) is 0 Å². The SMILES string of the molecule is Nc1ccc(O)c2c1C(=O)c1c(Cl)ccc(Cl)c1C2=O. The third-order valence-corrected chi connectivity index (χ3v) is 3.86. The third kappa shape index (κ3) is 1.55. The van der Waals surface area contributed by atoms with Crippen LogP contribution in [-0.4, -0.2) is 16.7 Å². The zero-order valence-corrected chi connectivity index (χ0v) is 11.4. The third-order valence-electron chi connectivity index (χ3n) is 3.23. The van der Waals surface area contributed by atoms with Crippen molar-refractivity contribution in [1.82, 2.24) is 0 Å². The molecule has 0 atom stereocenters. The van der Waals surface area contributed by atoms with Gasteiger partial charge < -0.3 is 10.8 Å². The Morgan fingerprint density at radius 1 is 0.800 bits per heavy atom. The maximum Gasteiger partial charge on any atom is 0.199 e. The lowest BCUT2D eigenvalue weighted by atomic mass is 9.82. The Bertz CT molecular complexity index is 670. The number of hydrogen-bond donors (Lipinski definition) is 2. The van der Waals surface area contributed by atoms with Crippen LogP contribution in [0.25, 0.3) is 0 Å². The molecule has 0 radical (unpaired) electrons. The summed E-state index contributed by atoms with van der Waals surface area (Å²) in [4.78, 5) is 25.0. The van der Waals surface area contributed by atoms with Gasteiger partial charge in [-0.2, -0.15) is 0 Å². The summed E-state index contributed by atoms with van der Waals surface area (Å²) in [5.41, 5.74) is 5.71. The average Bonchev–Trinajstić information content (AvgIpc) is 2.41. The van der Waals surface area contributed by atoms with Crippen molar-refractivity contribution in [3.8, 4) is 5.75 Å². The molecule has 20 heavy (non-hydrogen) atoms. The van der Waals surface area contributed by atoms with E-state index in [1.807, 2.05) is 0 Å². The molecule has 100 valence electrons. The standard InChI is InChI=1S/C14H7Cl2NO3/c15-5-1-2-6(16)10-9(5)13(19)11-7(17)3-4-8(18)12(11)14(10)20/h1-4,18H,17H2. The zero-order chi connectivity index (χ0) is 14.6. The van der Waals surface area contributed by atoms with E-state index in [-0.39, 0.29) is 43.7 Å². The van der Waals surface area contributed by atoms with Crippen LogP contribution in [0.5, 0.6) is 5.75 Å². The molecule has 4 nitrogen and oxygen atoms in total. The van der Waals surface area contributed by atoms with Crippen LogP contribution >= 0.6 is 23.2 Å². The number of rotatable bonds is 0. The molecule has 2 aromatic rings. The Morgan fingerprint density at radius 2 is 1.30 bits per heavy atom. The summed E-state index contributed by atoms with van der Waals surface area (Å²) < 4.78 is 0. The molecule has 0 amide bonds. The molecule has 0 unspecified atom stereocenters. The van der Waals surface area contributed by atoms with E-state index in [4.69, 9.17) is 28.9 Å². The van der Waals surface area contributed by atoms with Crippen molar-refractivity contribution in [3.63, 3.8) is 0 Å². The Labute approximate surface area is 123 Å². The molecule has 0 aromatic heterocycles. The maximum atomic E-state index is 12.5. The number of phenols is 1. The van der Waals surface area contributed by atoms with Crippen LogP contribution in [-0.2, 0) is 0 Å². The second-order valence-electron chi connectivity index (χ2n) is 4.36. The van der Waals surface area contributed by atoms with E-state index in [2.05, 4.69) is 0 Å². The van der Waals surface area contributed by atoms with Gasteiger partial charge in [0, 0.05) is 5.69 Å². The minimum atomic E-state index is -0.563. The van der Waals surface area contributed by atoms with Gasteiger partial charge in [0.25, 0.3) is 0 Å². The number of phenolic OH excluding ortho intramolecular Hbond substituents is 1. The van der Waals surface area contributed by atoms with Crippen LogP contribution in [0.15, 0.2) is 24.3 Å². The summed E-state index contributed by atoms with van der Waals surface area (Å²) in [5, 5.41) is 10.1. The highest BCUT2D eigenvalue weighted by Gasteiger charge is 2.36. The van der Waals surface area contributed by atoms with Gasteiger partial charge >= 0.3 is 0 Å². The number of carbonyl (C=O) groups is 2. The van der Waals surface area contributed by atoms with Gasteiger partial charge in [0.1, 0.15) is 5.75 Å². The molecule has 0 saturated carbocycles. The molecule has 1 aliphatic rings. The first-order valence-corrected chi connectivity index (χ1v) is 6.38. The van der Waals surface area contributed by atoms with E-state index in [9.17, 15) is 14.7 Å². The summed E-state index contributed by atoms with van der Waals surface area (Å²) in [6, 6.07) is 5.51. The molecular formula is C14H7Cl2NO3. The van der Waals surface area contributed by atoms with Crippen LogP contribution in [0.1, 0.15) is 31.8 Å². The highest BCUT2D eigenvalue weighted by Crippen LogP contribution is 2.40. The predicted molar refractivity (Wildman–Crippen MR) is 75.8 cm³/mol. The fraction of sp³-hybridized carbons (Fsp3) is 0. The van der Waals surface area contributed by atoms with Crippen LogP contribution in [0.2, 0.25) is 10.0 Å². The first-order valence-electron chi connectivity index (χ1n) is 5.62. The molecule has 0 fully saturated rings. The lowest BCUT2D eigenvalue weighted by Gasteiger charge is -2.21. The second-order valence-corrected chi connectivity index (χ2v) is 5.18. The highest BCUT2D eigenvalue weighted by atomic mass is 35.5. The zero-order valence-electron chi connectivity index (χ0n) is 9.91. The molecule has 0 aliphatic heterocycles. The molecule has 6 heteroatoms. The van der Waals surface area contributed by atoms with Gasteiger partial charge in [-0.05, 0) is 24.3 Å². The fourth-order valence-electron chi connectivity index (χ4n) is 2.33. The summed E-state index contributed by atoms with van der Waals surface area (Å²) in [5.74, 6) is -1.39. The Hall–Kier alpha value is -2.04. The van der Waals surface area contributed by atoms with Crippen LogP contribution in [0.3, 0.4) is 0 Å². The summed E-state index contributed by atoms with van der Waals surface area (Å²) >= 11 is 12.0. The Morgan fingerprint density at radius 3 is 1.85 bits per heavy atom. The van der Waals surface area contributed by atoms with Gasteiger partial charge in [0.2, 0.25) is 0 Å². The Kier molecular flexibility index (Phi) is 2.74. The molecule has 1 aliphatic carbocycles. The van der Waals surface area contributed by atoms with Gasteiger partial charge in [-0.15, -0.1) is 0 Å². The number of carbonyl (C=O) groups excluding carboxylic acids is 2. The lowest BCUT2D eigenvalue weighted by Crippen LogP contribution is -2.23. The molecule has 0 heterocycles. The van der Waals surface area contributed by atoms with Crippen LogP contribution < -0.4 is 5.73 Å². The number of ketones is 2. The molecular weight excluding hydrogens is 301 g/mol. The second kappa shape index (κ2) is 4.23. The molecule has 0 saturated heterocycles. The van der Waals surface area contributed by atoms with Crippen molar-refractivity contribution < 1.29 is 14.7 Å². The topological polar surface area (TPSA) is 80.4 Å². The predicted octanol–water partition coefficient (Wildman–Crippen LogP) is 3.06. The average molecular weight is 308 g/mol. The minimum Gasteiger partial charge on any atom is -0.507 e. The first-order chi connectivity index (χ1) is 9.43. The lowest BCUT2D eigenvalue weighted by molar-refractivity contribution is 0.0977. The quantitative estimate of drug-likeness (QED) is 0.494. The van der Waals surface area contributed by atoms with Gasteiger partial charge in [0.15, 0.2) is 11.6 Å². The van der Waals surface area contributed by atoms with Crippen molar-refractivity contribution in [1.29, 1.82) is 0 Å². The van der Waals surface area contributed by atoms with E-state index in [0.717, 1.165) is 0 Å². The van der Waals surface area contributed by atoms with Gasteiger partial charge in [0.05, 0.1) is 32.3 Å². The van der Waals surface area contributed by atoms with Crippen molar-refractivity contribution in [2.75, 3.05) is 5.73 Å².